The predicted molar refractivity (Wildman–Crippen MR) is 69.7 cm³/mol. The number of guanidine groups is 1. The van der Waals surface area contributed by atoms with E-state index in [1.165, 1.54) is 11.3 Å². The monoisotopic (exact) mass is 268 g/mol. The van der Waals surface area contributed by atoms with Crippen LogP contribution in [0.3, 0.4) is 0 Å². The van der Waals surface area contributed by atoms with Crippen molar-refractivity contribution in [3.8, 4) is 0 Å². The minimum Gasteiger partial charge on any atom is -0.466 e. The molecule has 0 amide bonds. The number of thiazole rings is 1. The van der Waals surface area contributed by atoms with Crippen LogP contribution in [0.4, 0.5) is 5.13 Å². The quantitative estimate of drug-likeness (QED) is 0.477. The van der Waals surface area contributed by atoms with Crippen LogP contribution in [0, 0.1) is 5.92 Å². The highest BCUT2D eigenvalue weighted by atomic mass is 32.1. The van der Waals surface area contributed by atoms with Crippen LogP contribution in [0.5, 0.6) is 0 Å². The number of hydrogen-bond donors (Lipinski definition) is 2. The van der Waals surface area contributed by atoms with E-state index in [9.17, 15) is 4.79 Å². The van der Waals surface area contributed by atoms with Gasteiger partial charge in [-0.2, -0.15) is 4.99 Å². The molecule has 1 unspecified atom stereocenters. The average molecular weight is 268 g/mol. The minimum absolute atomic E-state index is 0.00281. The van der Waals surface area contributed by atoms with Crippen LogP contribution in [0.1, 0.15) is 23.9 Å². The van der Waals surface area contributed by atoms with Gasteiger partial charge >= 0.3 is 5.97 Å². The minimum atomic E-state index is -0.125. The third-order valence-corrected chi connectivity index (χ3v) is 3.79. The zero-order valence-electron chi connectivity index (χ0n) is 10.2. The van der Waals surface area contributed by atoms with Gasteiger partial charge in [-0.15, -0.1) is 0 Å². The fraction of sp³-hybridized carbons (Fsp3) is 0.545. The van der Waals surface area contributed by atoms with E-state index in [4.69, 9.17) is 16.2 Å². The highest BCUT2D eigenvalue weighted by Crippen LogP contribution is 2.33. The molecule has 2 rings (SSSR count). The number of ether oxygens (including phenoxy) is 1. The van der Waals surface area contributed by atoms with Crippen molar-refractivity contribution in [3.63, 3.8) is 0 Å². The summed E-state index contributed by atoms with van der Waals surface area (Å²) in [5.74, 6) is -0.187. The molecule has 1 aliphatic carbocycles. The number of carbonyl (C=O) groups excluding carboxylic acids is 1. The number of aryl methyl sites for hydroxylation is 1. The lowest BCUT2D eigenvalue weighted by molar-refractivity contribution is -0.148. The first-order valence-corrected chi connectivity index (χ1v) is 6.66. The lowest BCUT2D eigenvalue weighted by atomic mass is 9.91. The molecule has 4 N–H and O–H groups in total. The van der Waals surface area contributed by atoms with Gasteiger partial charge in [-0.3, -0.25) is 4.79 Å². The molecule has 0 spiro atoms. The molecule has 1 aromatic heterocycles. The fourth-order valence-corrected chi connectivity index (χ4v) is 3.06. The topological polar surface area (TPSA) is 104 Å². The van der Waals surface area contributed by atoms with E-state index in [0.717, 1.165) is 23.4 Å². The number of hydrogen-bond acceptors (Lipinski definition) is 5. The lowest BCUT2D eigenvalue weighted by Gasteiger charge is -2.18. The normalized spacial score (nSPS) is 17.9. The number of aliphatic imine (C=N–C) groups is 1. The van der Waals surface area contributed by atoms with Crippen LogP contribution in [0.2, 0.25) is 0 Å². The standard InChI is InChI=1S/C11H16N4O2S/c1-2-17-9(16)6-3-4-7-8(5-6)18-11(14-7)15-10(12)13/h6H,2-5H2,1H3,(H4,12,13,14,15). The summed E-state index contributed by atoms with van der Waals surface area (Å²) in [7, 11) is 0. The molecule has 0 saturated heterocycles. The molecule has 0 fully saturated rings. The smallest absolute Gasteiger partial charge is 0.309 e. The van der Waals surface area contributed by atoms with Crippen LogP contribution in [-0.2, 0) is 22.4 Å². The fourth-order valence-electron chi connectivity index (χ4n) is 1.98. The maximum Gasteiger partial charge on any atom is 0.309 e. The predicted octanol–water partition coefficient (Wildman–Crippen LogP) is 0.716. The summed E-state index contributed by atoms with van der Waals surface area (Å²) < 4.78 is 5.05. The van der Waals surface area contributed by atoms with E-state index in [-0.39, 0.29) is 17.8 Å². The SMILES string of the molecule is CCOC(=O)C1CCc2nc(N=C(N)N)sc2C1. The zero-order valence-corrected chi connectivity index (χ0v) is 11.0. The molecule has 0 bridgehead atoms. The van der Waals surface area contributed by atoms with Gasteiger partial charge in [0.05, 0.1) is 18.2 Å². The third-order valence-electron chi connectivity index (χ3n) is 2.77. The van der Waals surface area contributed by atoms with Gasteiger partial charge in [0.15, 0.2) is 5.96 Å². The number of nitrogens with two attached hydrogens (primary N) is 2. The number of carbonyl (C=O) groups is 1. The van der Waals surface area contributed by atoms with Gasteiger partial charge in [0.1, 0.15) is 0 Å². The van der Waals surface area contributed by atoms with Crippen molar-refractivity contribution in [1.29, 1.82) is 0 Å². The molecular formula is C11H16N4O2S. The van der Waals surface area contributed by atoms with Crippen LogP contribution in [-0.4, -0.2) is 23.5 Å². The summed E-state index contributed by atoms with van der Waals surface area (Å²) in [5, 5.41) is 0.560. The molecule has 0 aliphatic heterocycles. The van der Waals surface area contributed by atoms with E-state index in [1.54, 1.807) is 0 Å². The Balaban J connectivity index is 2.12. The van der Waals surface area contributed by atoms with Crippen molar-refractivity contribution in [2.24, 2.45) is 22.4 Å². The molecule has 18 heavy (non-hydrogen) atoms. The molecule has 98 valence electrons. The first kappa shape index (κ1) is 12.8. The van der Waals surface area contributed by atoms with Crippen molar-refractivity contribution < 1.29 is 9.53 Å². The molecule has 1 atom stereocenters. The molecule has 0 radical (unpaired) electrons. The lowest BCUT2D eigenvalue weighted by Crippen LogP contribution is -2.24. The molecule has 7 heteroatoms. The number of fused-ring (bicyclic) bond motifs is 1. The Morgan fingerprint density at radius 3 is 3.06 bits per heavy atom. The summed E-state index contributed by atoms with van der Waals surface area (Å²) in [5.41, 5.74) is 11.6. The molecule has 1 aromatic rings. The highest BCUT2D eigenvalue weighted by molar-refractivity contribution is 7.15. The first-order chi connectivity index (χ1) is 8.60. The van der Waals surface area contributed by atoms with Crippen molar-refractivity contribution in [3.05, 3.63) is 10.6 Å². The van der Waals surface area contributed by atoms with E-state index >= 15 is 0 Å². The van der Waals surface area contributed by atoms with Gasteiger partial charge in [0, 0.05) is 4.88 Å². The maximum atomic E-state index is 11.7. The van der Waals surface area contributed by atoms with Crippen LogP contribution < -0.4 is 11.5 Å². The van der Waals surface area contributed by atoms with Crippen LogP contribution in [0.25, 0.3) is 0 Å². The molecule has 0 aromatic carbocycles. The Hall–Kier alpha value is -1.63. The molecule has 6 nitrogen and oxygen atoms in total. The second kappa shape index (κ2) is 5.34. The number of rotatable bonds is 3. The number of nitrogens with zero attached hydrogens (tertiary/aromatic N) is 2. The highest BCUT2D eigenvalue weighted by Gasteiger charge is 2.28. The van der Waals surface area contributed by atoms with Crippen molar-refractivity contribution in [2.45, 2.75) is 26.2 Å². The average Bonchev–Trinajstić information content (AvgIpc) is 2.69. The van der Waals surface area contributed by atoms with Gasteiger partial charge < -0.3 is 16.2 Å². The van der Waals surface area contributed by atoms with E-state index in [0.29, 0.717) is 18.2 Å². The second-order valence-electron chi connectivity index (χ2n) is 4.09. The van der Waals surface area contributed by atoms with Gasteiger partial charge in [0.25, 0.3) is 0 Å². The van der Waals surface area contributed by atoms with Crippen molar-refractivity contribution in [2.75, 3.05) is 6.61 Å². The summed E-state index contributed by atoms with van der Waals surface area (Å²) in [6.07, 6.45) is 2.22. The Morgan fingerprint density at radius 1 is 1.61 bits per heavy atom. The van der Waals surface area contributed by atoms with Gasteiger partial charge in [-0.1, -0.05) is 11.3 Å². The molecule has 1 heterocycles. The maximum absolute atomic E-state index is 11.7. The summed E-state index contributed by atoms with van der Waals surface area (Å²) in [6.45, 7) is 2.24. The molecule has 0 saturated carbocycles. The summed E-state index contributed by atoms with van der Waals surface area (Å²) >= 11 is 1.44. The Bertz CT molecular complexity index is 479. The van der Waals surface area contributed by atoms with Crippen LogP contribution >= 0.6 is 11.3 Å². The summed E-state index contributed by atoms with van der Waals surface area (Å²) in [6, 6.07) is 0. The molecule has 1 aliphatic rings. The van der Waals surface area contributed by atoms with E-state index < -0.39 is 0 Å². The van der Waals surface area contributed by atoms with Gasteiger partial charge in [-0.05, 0) is 26.2 Å². The van der Waals surface area contributed by atoms with Gasteiger partial charge in [0.2, 0.25) is 5.13 Å². The Morgan fingerprint density at radius 2 is 2.39 bits per heavy atom. The number of esters is 1. The largest absolute Gasteiger partial charge is 0.466 e. The van der Waals surface area contributed by atoms with E-state index in [2.05, 4.69) is 9.98 Å². The van der Waals surface area contributed by atoms with Gasteiger partial charge in [-0.25, -0.2) is 4.98 Å². The third kappa shape index (κ3) is 2.79. The van der Waals surface area contributed by atoms with Crippen molar-refractivity contribution >= 4 is 28.4 Å². The van der Waals surface area contributed by atoms with Crippen molar-refractivity contribution in [1.82, 2.24) is 4.98 Å². The first-order valence-electron chi connectivity index (χ1n) is 5.85. The van der Waals surface area contributed by atoms with E-state index in [1.807, 2.05) is 6.92 Å². The second-order valence-corrected chi connectivity index (χ2v) is 5.16. The Kier molecular flexibility index (Phi) is 3.81. The van der Waals surface area contributed by atoms with Crippen LogP contribution in [0.15, 0.2) is 4.99 Å². The Labute approximate surface area is 109 Å². The molecular weight excluding hydrogens is 252 g/mol. The summed E-state index contributed by atoms with van der Waals surface area (Å²) in [4.78, 5) is 21.1. The number of aromatic nitrogens is 1. The zero-order chi connectivity index (χ0) is 13.1.